The Morgan fingerprint density at radius 2 is 2.12 bits per heavy atom. The zero-order chi connectivity index (χ0) is 11.7. The molecule has 3 nitrogen and oxygen atoms in total. The summed E-state index contributed by atoms with van der Waals surface area (Å²) in [6, 6.07) is 7.10. The second-order valence-corrected chi connectivity index (χ2v) is 4.63. The van der Waals surface area contributed by atoms with Gasteiger partial charge in [0.1, 0.15) is 21.9 Å². The number of hydrogen-bond donors (Lipinski definition) is 1. The normalized spacial score (nSPS) is 10.1. The first kappa shape index (κ1) is 11.5. The maximum Gasteiger partial charge on any atom is 0.119 e. The number of rotatable bonds is 1. The fraction of sp³-hybridized carbons (Fsp3) is 0. The lowest BCUT2D eigenvalue weighted by Crippen LogP contribution is -1.83. The van der Waals surface area contributed by atoms with Gasteiger partial charge in [-0.05, 0) is 34.1 Å². The Bertz CT molecular complexity index is 586. The highest BCUT2D eigenvalue weighted by Gasteiger charge is 2.15. The van der Waals surface area contributed by atoms with Gasteiger partial charge in [-0.3, -0.25) is 5.10 Å². The molecule has 1 heterocycles. The van der Waals surface area contributed by atoms with Crippen LogP contribution in [0.3, 0.4) is 0 Å². The molecule has 80 valence electrons. The maximum atomic E-state index is 8.99. The van der Waals surface area contributed by atoms with Crippen molar-refractivity contribution in [2.24, 2.45) is 0 Å². The summed E-state index contributed by atoms with van der Waals surface area (Å²) >= 11 is 15.0. The van der Waals surface area contributed by atoms with Gasteiger partial charge in [0.25, 0.3) is 0 Å². The molecule has 0 unspecified atom stereocenters. The second-order valence-electron chi connectivity index (χ2n) is 3.00. The Morgan fingerprint density at radius 1 is 1.38 bits per heavy atom. The highest BCUT2D eigenvalue weighted by atomic mass is 79.9. The van der Waals surface area contributed by atoms with Crippen molar-refractivity contribution in [3.8, 4) is 17.3 Å². The van der Waals surface area contributed by atoms with E-state index in [4.69, 9.17) is 28.5 Å². The second kappa shape index (κ2) is 4.46. The van der Waals surface area contributed by atoms with Crippen LogP contribution >= 0.6 is 39.1 Å². The highest BCUT2D eigenvalue weighted by Crippen LogP contribution is 2.33. The molecule has 0 aliphatic carbocycles. The summed E-state index contributed by atoms with van der Waals surface area (Å²) in [6.45, 7) is 0. The molecule has 0 spiro atoms. The van der Waals surface area contributed by atoms with Gasteiger partial charge < -0.3 is 0 Å². The van der Waals surface area contributed by atoms with Gasteiger partial charge in [0, 0.05) is 10.6 Å². The molecule has 0 aliphatic heterocycles. The van der Waals surface area contributed by atoms with E-state index in [2.05, 4.69) is 32.2 Å². The fourth-order valence-electron chi connectivity index (χ4n) is 1.30. The number of halogens is 3. The van der Waals surface area contributed by atoms with Crippen molar-refractivity contribution < 1.29 is 0 Å². The minimum absolute atomic E-state index is 0.421. The lowest BCUT2D eigenvalue weighted by molar-refractivity contribution is 1.07. The summed E-state index contributed by atoms with van der Waals surface area (Å²) < 4.78 is 0.538. The molecule has 0 aliphatic rings. The van der Waals surface area contributed by atoms with Gasteiger partial charge >= 0.3 is 0 Å². The molecule has 0 bridgehead atoms. The predicted molar refractivity (Wildman–Crippen MR) is 66.5 cm³/mol. The third-order valence-electron chi connectivity index (χ3n) is 2.02. The molecule has 1 aromatic carbocycles. The average molecular weight is 317 g/mol. The molecule has 0 fully saturated rings. The van der Waals surface area contributed by atoms with Gasteiger partial charge in [0.15, 0.2) is 0 Å². The van der Waals surface area contributed by atoms with Gasteiger partial charge in [0.2, 0.25) is 0 Å². The van der Waals surface area contributed by atoms with Crippen LogP contribution in [-0.2, 0) is 0 Å². The van der Waals surface area contributed by atoms with Crippen molar-refractivity contribution in [2.45, 2.75) is 0 Å². The number of nitrogens with one attached hydrogen (secondary N) is 1. The number of nitriles is 1. The van der Waals surface area contributed by atoms with E-state index in [1.165, 1.54) is 0 Å². The Balaban J connectivity index is 2.64. The zero-order valence-corrected chi connectivity index (χ0v) is 10.9. The average Bonchev–Trinajstić information content (AvgIpc) is 2.59. The number of nitrogens with zero attached hydrogens (tertiary/aromatic N) is 2. The van der Waals surface area contributed by atoms with Crippen LogP contribution in [-0.4, -0.2) is 10.2 Å². The van der Waals surface area contributed by atoms with Gasteiger partial charge in [-0.15, -0.1) is 0 Å². The van der Waals surface area contributed by atoms with Crippen LogP contribution in [0.15, 0.2) is 22.8 Å². The molecule has 0 radical (unpaired) electrons. The van der Waals surface area contributed by atoms with E-state index in [1.807, 2.05) is 0 Å². The number of aromatic nitrogens is 2. The third kappa shape index (κ3) is 1.94. The number of H-pyrrole nitrogens is 1. The molecular weight excluding hydrogens is 313 g/mol. The highest BCUT2D eigenvalue weighted by molar-refractivity contribution is 9.10. The topological polar surface area (TPSA) is 52.5 Å². The Hall–Kier alpha value is -1.02. The van der Waals surface area contributed by atoms with Crippen molar-refractivity contribution in [3.63, 3.8) is 0 Å². The van der Waals surface area contributed by atoms with Crippen LogP contribution in [0.5, 0.6) is 0 Å². The van der Waals surface area contributed by atoms with Crippen LogP contribution in [0.25, 0.3) is 11.3 Å². The van der Waals surface area contributed by atoms with Crippen LogP contribution < -0.4 is 0 Å². The first-order valence-electron chi connectivity index (χ1n) is 4.23. The van der Waals surface area contributed by atoms with Crippen LogP contribution in [0, 0.1) is 11.3 Å². The quantitative estimate of drug-likeness (QED) is 0.864. The van der Waals surface area contributed by atoms with E-state index in [-0.39, 0.29) is 0 Å². The standard InChI is InChI=1S/C10H4BrCl2N3/c11-10-7(4-14)9(15-16-10)6-2-1-5(12)3-8(6)13/h1-3H,(H,15,16). The molecule has 16 heavy (non-hydrogen) atoms. The molecule has 1 N–H and O–H groups in total. The molecule has 2 aromatic rings. The lowest BCUT2D eigenvalue weighted by atomic mass is 10.1. The zero-order valence-electron chi connectivity index (χ0n) is 7.76. The van der Waals surface area contributed by atoms with E-state index < -0.39 is 0 Å². The summed E-state index contributed by atoms with van der Waals surface area (Å²) in [7, 11) is 0. The van der Waals surface area contributed by atoms with Crippen LogP contribution in [0.2, 0.25) is 10.0 Å². The maximum absolute atomic E-state index is 8.99. The van der Waals surface area contributed by atoms with E-state index in [0.29, 0.717) is 31.5 Å². The minimum atomic E-state index is 0.421. The molecule has 0 saturated carbocycles. The monoisotopic (exact) mass is 315 g/mol. The van der Waals surface area contributed by atoms with Crippen LogP contribution in [0.1, 0.15) is 5.56 Å². The summed E-state index contributed by atoms with van der Waals surface area (Å²) in [6.07, 6.45) is 0. The summed E-state index contributed by atoms with van der Waals surface area (Å²) in [5.41, 5.74) is 1.60. The van der Waals surface area contributed by atoms with Gasteiger partial charge in [-0.1, -0.05) is 23.2 Å². The molecule has 2 rings (SSSR count). The van der Waals surface area contributed by atoms with E-state index in [0.717, 1.165) is 0 Å². The predicted octanol–water partition coefficient (Wildman–Crippen LogP) is 4.02. The number of aromatic amines is 1. The van der Waals surface area contributed by atoms with Crippen molar-refractivity contribution >= 4 is 39.1 Å². The summed E-state index contributed by atoms with van der Waals surface area (Å²) in [5.74, 6) is 0. The number of benzene rings is 1. The summed E-state index contributed by atoms with van der Waals surface area (Å²) in [4.78, 5) is 0. The van der Waals surface area contributed by atoms with Crippen molar-refractivity contribution in [3.05, 3.63) is 38.4 Å². The Kier molecular flexibility index (Phi) is 3.20. The van der Waals surface area contributed by atoms with Crippen molar-refractivity contribution in [1.29, 1.82) is 5.26 Å². The molecular formula is C10H4BrCl2N3. The third-order valence-corrected chi connectivity index (χ3v) is 3.14. The SMILES string of the molecule is N#Cc1c(-c2ccc(Cl)cc2Cl)n[nH]c1Br. The van der Waals surface area contributed by atoms with E-state index >= 15 is 0 Å². The molecule has 1 aromatic heterocycles. The largest absolute Gasteiger partial charge is 0.269 e. The fourth-order valence-corrected chi connectivity index (χ4v) is 2.16. The smallest absolute Gasteiger partial charge is 0.119 e. The minimum Gasteiger partial charge on any atom is -0.269 e. The Morgan fingerprint density at radius 3 is 2.75 bits per heavy atom. The van der Waals surface area contributed by atoms with Crippen LogP contribution in [0.4, 0.5) is 0 Å². The van der Waals surface area contributed by atoms with Gasteiger partial charge in [-0.2, -0.15) is 10.4 Å². The first-order chi connectivity index (χ1) is 7.63. The molecule has 0 saturated heterocycles. The van der Waals surface area contributed by atoms with Gasteiger partial charge in [-0.25, -0.2) is 0 Å². The molecule has 0 amide bonds. The molecule has 6 heteroatoms. The summed E-state index contributed by atoms with van der Waals surface area (Å²) in [5, 5.41) is 16.7. The van der Waals surface area contributed by atoms with E-state index in [9.17, 15) is 0 Å². The lowest BCUT2D eigenvalue weighted by Gasteiger charge is -2.01. The molecule has 0 atom stereocenters. The van der Waals surface area contributed by atoms with Crippen molar-refractivity contribution in [1.82, 2.24) is 10.2 Å². The van der Waals surface area contributed by atoms with Crippen molar-refractivity contribution in [2.75, 3.05) is 0 Å². The Labute approximate surface area is 110 Å². The van der Waals surface area contributed by atoms with E-state index in [1.54, 1.807) is 18.2 Å². The van der Waals surface area contributed by atoms with Gasteiger partial charge in [0.05, 0.1) is 5.02 Å². The number of hydrogen-bond acceptors (Lipinski definition) is 2. The first-order valence-corrected chi connectivity index (χ1v) is 5.77.